The van der Waals surface area contributed by atoms with E-state index in [9.17, 15) is 9.90 Å². The first-order valence-electron chi connectivity index (χ1n) is 5.38. The number of esters is 1. The fraction of sp³-hybridized carbons (Fsp3) is 0.727. The van der Waals surface area contributed by atoms with Crippen LogP contribution in [0.3, 0.4) is 0 Å². The van der Waals surface area contributed by atoms with Gasteiger partial charge >= 0.3 is 5.97 Å². The molecule has 2 saturated heterocycles. The van der Waals surface area contributed by atoms with E-state index >= 15 is 0 Å². The van der Waals surface area contributed by atoms with Crippen LogP contribution in [-0.4, -0.2) is 43.3 Å². The van der Waals surface area contributed by atoms with Gasteiger partial charge in [0.15, 0.2) is 6.29 Å². The molecule has 3 rings (SSSR count). The number of carbonyl (C=O) groups is 1. The molecule has 2 fully saturated rings. The van der Waals surface area contributed by atoms with Crippen LogP contribution in [0.25, 0.3) is 0 Å². The first-order valence-corrected chi connectivity index (χ1v) is 5.38. The summed E-state index contributed by atoms with van der Waals surface area (Å²) in [6, 6.07) is 0. The van der Waals surface area contributed by atoms with Gasteiger partial charge in [0.1, 0.15) is 5.60 Å². The van der Waals surface area contributed by atoms with Gasteiger partial charge in [0.05, 0.1) is 32.2 Å². The molecule has 0 unspecified atom stereocenters. The summed E-state index contributed by atoms with van der Waals surface area (Å²) >= 11 is 0. The van der Waals surface area contributed by atoms with Gasteiger partial charge in [-0.1, -0.05) is 12.2 Å². The first kappa shape index (κ1) is 10.3. The number of allylic oxidation sites excluding steroid dienone is 1. The minimum Gasteiger partial charge on any atom is -0.469 e. The third kappa shape index (κ3) is 1.19. The van der Waals surface area contributed by atoms with Crippen molar-refractivity contribution in [3.05, 3.63) is 12.2 Å². The lowest BCUT2D eigenvalue weighted by Crippen LogP contribution is -2.47. The van der Waals surface area contributed by atoms with E-state index in [1.165, 1.54) is 7.11 Å². The predicted molar refractivity (Wildman–Crippen MR) is 52.3 cm³/mol. The molecule has 16 heavy (non-hydrogen) atoms. The third-order valence-electron chi connectivity index (χ3n) is 3.78. The summed E-state index contributed by atoms with van der Waals surface area (Å²) < 4.78 is 15.6. The monoisotopic (exact) mass is 226 g/mol. The first-order chi connectivity index (χ1) is 7.65. The molecule has 1 aliphatic carbocycles. The fourth-order valence-electron chi connectivity index (χ4n) is 2.94. The Morgan fingerprint density at radius 1 is 1.56 bits per heavy atom. The normalized spacial score (nSPS) is 49.1. The Hall–Kier alpha value is -0.910. The van der Waals surface area contributed by atoms with E-state index in [2.05, 4.69) is 0 Å². The van der Waals surface area contributed by atoms with Crippen LogP contribution >= 0.6 is 0 Å². The van der Waals surface area contributed by atoms with Gasteiger partial charge in [-0.15, -0.1) is 0 Å². The molecule has 2 aliphatic heterocycles. The van der Waals surface area contributed by atoms with Gasteiger partial charge in [-0.3, -0.25) is 4.79 Å². The zero-order chi connectivity index (χ0) is 11.3. The van der Waals surface area contributed by atoms with E-state index in [-0.39, 0.29) is 30.3 Å². The highest BCUT2D eigenvalue weighted by atomic mass is 16.7. The van der Waals surface area contributed by atoms with Crippen LogP contribution < -0.4 is 0 Å². The average Bonchev–Trinajstić information content (AvgIpc) is 2.81. The highest BCUT2D eigenvalue weighted by Gasteiger charge is 2.59. The molecule has 1 N–H and O–H groups in total. The second kappa shape index (κ2) is 3.29. The molecule has 0 bridgehead atoms. The van der Waals surface area contributed by atoms with Gasteiger partial charge in [-0.05, 0) is 0 Å². The van der Waals surface area contributed by atoms with E-state index in [1.54, 1.807) is 6.08 Å². The van der Waals surface area contributed by atoms with Gasteiger partial charge < -0.3 is 19.3 Å². The van der Waals surface area contributed by atoms with E-state index in [4.69, 9.17) is 14.2 Å². The zero-order valence-electron chi connectivity index (χ0n) is 8.96. The van der Waals surface area contributed by atoms with Crippen molar-refractivity contribution in [1.82, 2.24) is 0 Å². The van der Waals surface area contributed by atoms with Gasteiger partial charge in [0.2, 0.25) is 0 Å². The quantitative estimate of drug-likeness (QED) is 0.491. The standard InChI is InChI=1S/C11H14O5/c1-14-9(12)7-4-15-10-8-6(7)2-3-11(8,13)5-16-10/h2-3,6-8,10,13H,4-5H2,1H3/t6-,7+,8+,10+,11-/m0/s1. The molecule has 0 saturated carbocycles. The largest absolute Gasteiger partial charge is 0.469 e. The topological polar surface area (TPSA) is 65.0 Å². The maximum atomic E-state index is 11.6. The summed E-state index contributed by atoms with van der Waals surface area (Å²) in [5.41, 5.74) is -0.970. The van der Waals surface area contributed by atoms with E-state index in [0.29, 0.717) is 6.61 Å². The van der Waals surface area contributed by atoms with Crippen LogP contribution in [0.15, 0.2) is 12.2 Å². The van der Waals surface area contributed by atoms with Crippen LogP contribution in [0.1, 0.15) is 0 Å². The van der Waals surface area contributed by atoms with Crippen molar-refractivity contribution in [3.63, 3.8) is 0 Å². The lowest BCUT2D eigenvalue weighted by molar-refractivity contribution is -0.193. The number of methoxy groups -OCH3 is 1. The molecule has 0 spiro atoms. The van der Waals surface area contributed by atoms with Crippen LogP contribution in [0.5, 0.6) is 0 Å². The minimum atomic E-state index is -0.970. The fourth-order valence-corrected chi connectivity index (χ4v) is 2.94. The molecule has 0 aromatic rings. The molecular formula is C11H14O5. The Kier molecular flexibility index (Phi) is 2.11. The summed E-state index contributed by atoms with van der Waals surface area (Å²) in [6.07, 6.45) is 3.22. The lowest BCUT2D eigenvalue weighted by atomic mass is 9.77. The zero-order valence-corrected chi connectivity index (χ0v) is 8.96. The Balaban J connectivity index is 1.90. The lowest BCUT2D eigenvalue weighted by Gasteiger charge is -2.36. The molecule has 0 aromatic carbocycles. The van der Waals surface area contributed by atoms with Crippen LogP contribution in [0, 0.1) is 17.8 Å². The SMILES string of the molecule is COC(=O)[C@@H]1CO[C@@H]2OC[C@@]3(O)C=C[C@@H]1[C@H]23. The third-order valence-corrected chi connectivity index (χ3v) is 3.78. The van der Waals surface area contributed by atoms with Crippen LogP contribution in [0.2, 0.25) is 0 Å². The summed E-state index contributed by atoms with van der Waals surface area (Å²) in [5.74, 6) is -0.841. The number of rotatable bonds is 1. The minimum absolute atomic E-state index is 0.0429. The van der Waals surface area contributed by atoms with Crippen molar-refractivity contribution < 1.29 is 24.1 Å². The molecule has 0 radical (unpaired) electrons. The summed E-state index contributed by atoms with van der Waals surface area (Å²) in [6.45, 7) is 0.530. The predicted octanol–water partition coefficient (Wildman–Crippen LogP) is -0.305. The van der Waals surface area contributed by atoms with Crippen molar-refractivity contribution in [1.29, 1.82) is 0 Å². The molecule has 2 heterocycles. The highest BCUT2D eigenvalue weighted by Crippen LogP contribution is 2.49. The van der Waals surface area contributed by atoms with E-state index < -0.39 is 11.9 Å². The summed E-state index contributed by atoms with van der Waals surface area (Å²) in [4.78, 5) is 11.6. The number of hydrogen-bond acceptors (Lipinski definition) is 5. The average molecular weight is 226 g/mol. The van der Waals surface area contributed by atoms with Crippen molar-refractivity contribution in [2.24, 2.45) is 17.8 Å². The molecular weight excluding hydrogens is 212 g/mol. The van der Waals surface area contributed by atoms with E-state index in [1.807, 2.05) is 6.08 Å². The second-order valence-electron chi connectivity index (χ2n) is 4.60. The molecule has 0 amide bonds. The van der Waals surface area contributed by atoms with Crippen molar-refractivity contribution >= 4 is 5.97 Å². The smallest absolute Gasteiger partial charge is 0.311 e. The molecule has 3 aliphatic rings. The Morgan fingerprint density at radius 3 is 3.12 bits per heavy atom. The number of hydrogen-bond donors (Lipinski definition) is 1. The Bertz CT molecular complexity index is 352. The molecule has 88 valence electrons. The number of aliphatic hydroxyl groups is 1. The molecule has 5 nitrogen and oxygen atoms in total. The van der Waals surface area contributed by atoms with E-state index in [0.717, 1.165) is 0 Å². The van der Waals surface area contributed by atoms with Crippen molar-refractivity contribution in [3.8, 4) is 0 Å². The Morgan fingerprint density at radius 2 is 2.38 bits per heavy atom. The van der Waals surface area contributed by atoms with Gasteiger partial charge in [-0.25, -0.2) is 0 Å². The molecule has 5 heteroatoms. The van der Waals surface area contributed by atoms with Crippen LogP contribution in [-0.2, 0) is 19.0 Å². The summed E-state index contributed by atoms with van der Waals surface area (Å²) in [7, 11) is 1.37. The second-order valence-corrected chi connectivity index (χ2v) is 4.60. The Labute approximate surface area is 93.0 Å². The molecule has 5 atom stereocenters. The van der Waals surface area contributed by atoms with Gasteiger partial charge in [0.25, 0.3) is 0 Å². The van der Waals surface area contributed by atoms with Gasteiger partial charge in [-0.2, -0.15) is 0 Å². The maximum Gasteiger partial charge on any atom is 0.311 e. The highest BCUT2D eigenvalue weighted by molar-refractivity contribution is 5.73. The number of ether oxygens (including phenoxy) is 3. The number of carbonyl (C=O) groups excluding carboxylic acids is 1. The van der Waals surface area contributed by atoms with Crippen molar-refractivity contribution in [2.45, 2.75) is 11.9 Å². The van der Waals surface area contributed by atoms with Crippen molar-refractivity contribution in [2.75, 3.05) is 20.3 Å². The molecule has 0 aromatic heterocycles. The van der Waals surface area contributed by atoms with Crippen LogP contribution in [0.4, 0.5) is 0 Å². The maximum absolute atomic E-state index is 11.6. The van der Waals surface area contributed by atoms with Gasteiger partial charge in [0, 0.05) is 5.92 Å². The summed E-state index contributed by atoms with van der Waals surface area (Å²) in [5, 5.41) is 10.3.